The fourth-order valence-corrected chi connectivity index (χ4v) is 2.34. The highest BCUT2D eigenvalue weighted by molar-refractivity contribution is 5.92. The molecule has 4 nitrogen and oxygen atoms in total. The Morgan fingerprint density at radius 1 is 1.18 bits per heavy atom. The molecule has 3 rings (SSSR count). The molecule has 0 aliphatic carbocycles. The van der Waals surface area contributed by atoms with Gasteiger partial charge in [-0.2, -0.15) is 0 Å². The highest BCUT2D eigenvalue weighted by Gasteiger charge is 2.10. The van der Waals surface area contributed by atoms with Crippen LogP contribution in [0.25, 0.3) is 5.65 Å². The molecule has 0 radical (unpaired) electrons. The van der Waals surface area contributed by atoms with Gasteiger partial charge >= 0.3 is 0 Å². The van der Waals surface area contributed by atoms with Gasteiger partial charge in [-0.3, -0.25) is 4.79 Å². The highest BCUT2D eigenvalue weighted by atomic mass is 16.1. The number of nitrogens with one attached hydrogen (secondary N) is 1. The first-order chi connectivity index (χ1) is 10.6. The van der Waals surface area contributed by atoms with E-state index in [-0.39, 0.29) is 5.91 Å². The van der Waals surface area contributed by atoms with Crippen molar-refractivity contribution in [1.82, 2.24) is 14.7 Å². The molecule has 0 atom stereocenters. The molecule has 1 N–H and O–H groups in total. The second-order valence-corrected chi connectivity index (χ2v) is 5.67. The summed E-state index contributed by atoms with van der Waals surface area (Å²) in [6.07, 6.45) is 3.62. The van der Waals surface area contributed by atoms with Gasteiger partial charge in [0.05, 0.1) is 0 Å². The summed E-state index contributed by atoms with van der Waals surface area (Å²) in [5.41, 5.74) is 3.59. The summed E-state index contributed by atoms with van der Waals surface area (Å²) < 4.78 is 1.84. The van der Waals surface area contributed by atoms with Crippen LogP contribution in [0.1, 0.15) is 41.4 Å². The molecule has 0 saturated heterocycles. The smallest absolute Gasteiger partial charge is 0.271 e. The molecule has 4 heteroatoms. The van der Waals surface area contributed by atoms with Gasteiger partial charge in [0.2, 0.25) is 0 Å². The average molecular weight is 293 g/mol. The number of rotatable bonds is 4. The lowest BCUT2D eigenvalue weighted by Crippen LogP contribution is -2.23. The van der Waals surface area contributed by atoms with Crippen LogP contribution in [0.5, 0.6) is 0 Å². The number of fused-ring (bicyclic) bond motifs is 1. The van der Waals surface area contributed by atoms with Gasteiger partial charge in [-0.1, -0.05) is 44.2 Å². The number of hydrogen-bond acceptors (Lipinski definition) is 2. The van der Waals surface area contributed by atoms with Gasteiger partial charge in [-0.25, -0.2) is 4.98 Å². The number of nitrogens with zero attached hydrogens (tertiary/aromatic N) is 2. The number of pyridine rings is 1. The lowest BCUT2D eigenvalue weighted by atomic mass is 10.0. The normalized spacial score (nSPS) is 11.0. The minimum atomic E-state index is -0.156. The zero-order chi connectivity index (χ0) is 15.5. The third-order valence-electron chi connectivity index (χ3n) is 3.70. The van der Waals surface area contributed by atoms with Crippen LogP contribution in [0.15, 0.2) is 54.9 Å². The predicted molar refractivity (Wildman–Crippen MR) is 86.9 cm³/mol. The predicted octanol–water partition coefficient (Wildman–Crippen LogP) is 3.39. The SMILES string of the molecule is CC(C)c1ccc(CNC(=O)c2cn3ccccc3n2)cc1. The van der Waals surface area contributed by atoms with Crippen molar-refractivity contribution in [2.24, 2.45) is 0 Å². The Hall–Kier alpha value is -2.62. The first-order valence-electron chi connectivity index (χ1n) is 7.44. The molecule has 0 unspecified atom stereocenters. The van der Waals surface area contributed by atoms with Crippen molar-refractivity contribution in [3.8, 4) is 0 Å². The van der Waals surface area contributed by atoms with E-state index in [0.29, 0.717) is 18.2 Å². The Balaban J connectivity index is 1.66. The largest absolute Gasteiger partial charge is 0.347 e. The molecule has 1 amide bonds. The van der Waals surface area contributed by atoms with Crippen LogP contribution in [0.4, 0.5) is 0 Å². The van der Waals surface area contributed by atoms with Crippen molar-refractivity contribution in [3.05, 3.63) is 71.7 Å². The van der Waals surface area contributed by atoms with Crippen LogP contribution in [0.2, 0.25) is 0 Å². The van der Waals surface area contributed by atoms with E-state index < -0.39 is 0 Å². The van der Waals surface area contributed by atoms with Crippen LogP contribution in [-0.4, -0.2) is 15.3 Å². The maximum atomic E-state index is 12.2. The van der Waals surface area contributed by atoms with Crippen molar-refractivity contribution in [2.75, 3.05) is 0 Å². The van der Waals surface area contributed by atoms with Crippen LogP contribution in [-0.2, 0) is 6.54 Å². The van der Waals surface area contributed by atoms with Crippen molar-refractivity contribution in [3.63, 3.8) is 0 Å². The van der Waals surface area contributed by atoms with Crippen molar-refractivity contribution in [1.29, 1.82) is 0 Å². The molecule has 0 fully saturated rings. The summed E-state index contributed by atoms with van der Waals surface area (Å²) in [6, 6.07) is 14.0. The van der Waals surface area contributed by atoms with E-state index in [1.165, 1.54) is 5.56 Å². The van der Waals surface area contributed by atoms with Crippen molar-refractivity contribution in [2.45, 2.75) is 26.3 Å². The van der Waals surface area contributed by atoms with E-state index in [4.69, 9.17) is 0 Å². The molecular formula is C18H19N3O. The molecule has 0 saturated carbocycles. The van der Waals surface area contributed by atoms with Crippen LogP contribution in [0, 0.1) is 0 Å². The number of carbonyl (C=O) groups excluding carboxylic acids is 1. The van der Waals surface area contributed by atoms with Gasteiger partial charge < -0.3 is 9.72 Å². The number of carbonyl (C=O) groups is 1. The second kappa shape index (κ2) is 6.02. The number of imidazole rings is 1. The van der Waals surface area contributed by atoms with Gasteiger partial charge in [0, 0.05) is 18.9 Å². The topological polar surface area (TPSA) is 46.4 Å². The minimum Gasteiger partial charge on any atom is -0.347 e. The fourth-order valence-electron chi connectivity index (χ4n) is 2.34. The average Bonchev–Trinajstić information content (AvgIpc) is 2.97. The van der Waals surface area contributed by atoms with Crippen LogP contribution >= 0.6 is 0 Å². The summed E-state index contributed by atoms with van der Waals surface area (Å²) in [4.78, 5) is 16.5. The van der Waals surface area contributed by atoms with E-state index >= 15 is 0 Å². The molecule has 0 bridgehead atoms. The van der Waals surface area contributed by atoms with Crippen molar-refractivity contribution < 1.29 is 4.79 Å². The fraction of sp³-hybridized carbons (Fsp3) is 0.222. The summed E-state index contributed by atoms with van der Waals surface area (Å²) in [6.45, 7) is 4.84. The lowest BCUT2D eigenvalue weighted by Gasteiger charge is -2.07. The van der Waals surface area contributed by atoms with E-state index in [2.05, 4.69) is 48.4 Å². The maximum absolute atomic E-state index is 12.2. The molecule has 0 aliphatic heterocycles. The first kappa shape index (κ1) is 14.3. The zero-order valence-electron chi connectivity index (χ0n) is 12.8. The lowest BCUT2D eigenvalue weighted by molar-refractivity contribution is 0.0946. The van der Waals surface area contributed by atoms with Gasteiger partial charge in [0.15, 0.2) is 0 Å². The van der Waals surface area contributed by atoms with Crippen molar-refractivity contribution >= 4 is 11.6 Å². The Morgan fingerprint density at radius 3 is 2.64 bits per heavy atom. The van der Waals surface area contributed by atoms with E-state index in [1.54, 1.807) is 6.20 Å². The molecule has 22 heavy (non-hydrogen) atoms. The molecular weight excluding hydrogens is 274 g/mol. The molecule has 2 heterocycles. The molecule has 2 aromatic heterocycles. The summed E-state index contributed by atoms with van der Waals surface area (Å²) in [5.74, 6) is 0.359. The van der Waals surface area contributed by atoms with Gasteiger partial charge in [0.1, 0.15) is 11.3 Å². The number of benzene rings is 1. The van der Waals surface area contributed by atoms with Crippen LogP contribution in [0.3, 0.4) is 0 Å². The quantitative estimate of drug-likeness (QED) is 0.801. The summed E-state index contributed by atoms with van der Waals surface area (Å²) in [7, 11) is 0. The Labute approximate surface area is 129 Å². The maximum Gasteiger partial charge on any atom is 0.271 e. The molecule has 0 aliphatic rings. The third-order valence-corrected chi connectivity index (χ3v) is 3.70. The number of aromatic nitrogens is 2. The van der Waals surface area contributed by atoms with E-state index in [9.17, 15) is 4.79 Å². The number of amides is 1. The summed E-state index contributed by atoms with van der Waals surface area (Å²) >= 11 is 0. The Bertz CT molecular complexity index is 754. The Kier molecular flexibility index (Phi) is 3.92. The highest BCUT2D eigenvalue weighted by Crippen LogP contribution is 2.14. The van der Waals surface area contributed by atoms with Gasteiger partial charge in [0.25, 0.3) is 5.91 Å². The summed E-state index contributed by atoms with van der Waals surface area (Å²) in [5, 5.41) is 2.91. The minimum absolute atomic E-state index is 0.156. The zero-order valence-corrected chi connectivity index (χ0v) is 12.8. The molecule has 3 aromatic rings. The molecule has 1 aromatic carbocycles. The third kappa shape index (κ3) is 3.01. The Morgan fingerprint density at radius 2 is 1.95 bits per heavy atom. The van der Waals surface area contributed by atoms with E-state index in [1.807, 2.05) is 28.8 Å². The van der Waals surface area contributed by atoms with Crippen LogP contribution < -0.4 is 5.32 Å². The molecule has 112 valence electrons. The van der Waals surface area contributed by atoms with E-state index in [0.717, 1.165) is 11.2 Å². The monoisotopic (exact) mass is 293 g/mol. The van der Waals surface area contributed by atoms with Gasteiger partial charge in [-0.15, -0.1) is 0 Å². The standard InChI is InChI=1S/C18H19N3O/c1-13(2)15-8-6-14(7-9-15)11-19-18(22)16-12-21-10-4-3-5-17(21)20-16/h3-10,12-13H,11H2,1-2H3,(H,19,22). The first-order valence-corrected chi connectivity index (χ1v) is 7.44. The second-order valence-electron chi connectivity index (χ2n) is 5.67. The van der Waals surface area contributed by atoms with Gasteiger partial charge in [-0.05, 0) is 29.2 Å². The number of hydrogen-bond donors (Lipinski definition) is 1. The molecule has 0 spiro atoms.